The van der Waals surface area contributed by atoms with Gasteiger partial charge in [-0.3, -0.25) is 9.59 Å². The Morgan fingerprint density at radius 1 is 0.931 bits per heavy atom. The quantitative estimate of drug-likeness (QED) is 0.622. The van der Waals surface area contributed by atoms with Crippen LogP contribution >= 0.6 is 23.2 Å². The fraction of sp³-hybridized carbons (Fsp3) is 0.263. The maximum atomic E-state index is 12.6. The maximum absolute atomic E-state index is 12.6. The van der Waals surface area contributed by atoms with Crippen molar-refractivity contribution in [3.63, 3.8) is 0 Å². The first-order chi connectivity index (χ1) is 13.3. The summed E-state index contributed by atoms with van der Waals surface area (Å²) < 4.78 is 27.7. The molecule has 0 spiro atoms. The lowest BCUT2D eigenvalue weighted by atomic mass is 10.1. The fourth-order valence-corrected chi connectivity index (χ4v) is 4.57. The van der Waals surface area contributed by atoms with E-state index in [2.05, 4.69) is 15.4 Å². The highest BCUT2D eigenvalue weighted by Gasteiger charge is 2.25. The van der Waals surface area contributed by atoms with Crippen LogP contribution in [0.5, 0.6) is 0 Å². The lowest BCUT2D eigenvalue weighted by Crippen LogP contribution is -2.40. The largest absolute Gasteiger partial charge is 0.326 e. The molecule has 0 fully saturated rings. The molecule has 2 aromatic carbocycles. The Labute approximate surface area is 179 Å². The van der Waals surface area contributed by atoms with Crippen LogP contribution < -0.4 is 15.4 Å². The number of sulfonamides is 1. The summed E-state index contributed by atoms with van der Waals surface area (Å²) >= 11 is 12.2. The zero-order chi connectivity index (χ0) is 22.0. The molecule has 7 nitrogen and oxygen atoms in total. The number of nitrogens with one attached hydrogen (secondary N) is 3. The number of carbonyl (C=O) groups excluding carboxylic acids is 2. The normalized spacial score (nSPS) is 11.8. The molecular formula is C19H21Cl2N3O4S. The van der Waals surface area contributed by atoms with Crippen molar-refractivity contribution in [2.75, 3.05) is 10.6 Å². The van der Waals surface area contributed by atoms with Gasteiger partial charge in [0.25, 0.3) is 5.91 Å². The van der Waals surface area contributed by atoms with Gasteiger partial charge in [-0.1, -0.05) is 23.2 Å². The van der Waals surface area contributed by atoms with E-state index >= 15 is 0 Å². The number of halogens is 2. The average molecular weight is 458 g/mol. The molecule has 0 aliphatic heterocycles. The number of hydrogen-bond acceptors (Lipinski definition) is 4. The van der Waals surface area contributed by atoms with E-state index in [0.717, 1.165) is 0 Å². The molecule has 29 heavy (non-hydrogen) atoms. The highest BCUT2D eigenvalue weighted by Crippen LogP contribution is 2.28. The molecule has 0 heterocycles. The molecular weight excluding hydrogens is 437 g/mol. The van der Waals surface area contributed by atoms with Crippen LogP contribution in [0.4, 0.5) is 11.4 Å². The van der Waals surface area contributed by atoms with Gasteiger partial charge in [-0.2, -0.15) is 0 Å². The van der Waals surface area contributed by atoms with Gasteiger partial charge in [-0.15, -0.1) is 0 Å². The van der Waals surface area contributed by atoms with Gasteiger partial charge in [0.05, 0.1) is 15.7 Å². The van der Waals surface area contributed by atoms with Gasteiger partial charge in [-0.25, -0.2) is 13.1 Å². The predicted molar refractivity (Wildman–Crippen MR) is 115 cm³/mol. The summed E-state index contributed by atoms with van der Waals surface area (Å²) in [6, 6.07) is 8.55. The van der Waals surface area contributed by atoms with Crippen molar-refractivity contribution in [3.8, 4) is 0 Å². The van der Waals surface area contributed by atoms with Gasteiger partial charge in [0.2, 0.25) is 15.9 Å². The fourth-order valence-electron chi connectivity index (χ4n) is 2.40. The first kappa shape index (κ1) is 23.2. The van der Waals surface area contributed by atoms with E-state index in [1.807, 2.05) is 0 Å². The van der Waals surface area contributed by atoms with Crippen molar-refractivity contribution in [3.05, 3.63) is 52.0 Å². The third-order valence-corrected chi connectivity index (χ3v) is 6.01. The highest BCUT2D eigenvalue weighted by molar-refractivity contribution is 7.89. The third-order valence-electron chi connectivity index (χ3n) is 3.46. The first-order valence-electron chi connectivity index (χ1n) is 8.50. The third kappa shape index (κ3) is 6.43. The highest BCUT2D eigenvalue weighted by atomic mass is 35.5. The summed E-state index contributed by atoms with van der Waals surface area (Å²) in [5.41, 5.74) is 0.154. The molecule has 156 valence electrons. The van der Waals surface area contributed by atoms with Crippen LogP contribution in [0.1, 0.15) is 38.1 Å². The molecule has 10 heteroatoms. The summed E-state index contributed by atoms with van der Waals surface area (Å²) in [6.45, 7) is 6.45. The predicted octanol–water partition coefficient (Wildman–Crippen LogP) is 4.28. The lowest BCUT2D eigenvalue weighted by molar-refractivity contribution is -0.114. The van der Waals surface area contributed by atoms with Crippen molar-refractivity contribution in [2.45, 2.75) is 38.1 Å². The molecule has 2 aromatic rings. The van der Waals surface area contributed by atoms with E-state index in [4.69, 9.17) is 23.2 Å². The minimum atomic E-state index is -3.93. The van der Waals surface area contributed by atoms with E-state index in [1.54, 1.807) is 26.8 Å². The smallest absolute Gasteiger partial charge is 0.255 e. The number of anilines is 2. The Bertz CT molecular complexity index is 1060. The van der Waals surface area contributed by atoms with E-state index in [0.29, 0.717) is 11.4 Å². The molecule has 0 radical (unpaired) electrons. The molecule has 0 unspecified atom stereocenters. The van der Waals surface area contributed by atoms with E-state index < -0.39 is 21.5 Å². The monoisotopic (exact) mass is 457 g/mol. The number of rotatable bonds is 5. The molecule has 0 bridgehead atoms. The second-order valence-electron chi connectivity index (χ2n) is 7.33. The topological polar surface area (TPSA) is 104 Å². The molecule has 3 N–H and O–H groups in total. The molecule has 0 atom stereocenters. The number of hydrogen-bond donors (Lipinski definition) is 3. The van der Waals surface area contributed by atoms with Gasteiger partial charge < -0.3 is 10.6 Å². The summed E-state index contributed by atoms with van der Waals surface area (Å²) in [4.78, 5) is 23.5. The van der Waals surface area contributed by atoms with Crippen LogP contribution in [-0.4, -0.2) is 25.8 Å². The van der Waals surface area contributed by atoms with Gasteiger partial charge >= 0.3 is 0 Å². The summed E-state index contributed by atoms with van der Waals surface area (Å²) in [7, 11) is -3.93. The summed E-state index contributed by atoms with van der Waals surface area (Å²) in [5.74, 6) is -0.820. The summed E-state index contributed by atoms with van der Waals surface area (Å²) in [5, 5.41) is 5.40. The van der Waals surface area contributed by atoms with Crippen LogP contribution in [0.3, 0.4) is 0 Å². The Morgan fingerprint density at radius 3 is 2.14 bits per heavy atom. The minimum absolute atomic E-state index is 0.00371. The molecule has 0 aromatic heterocycles. The number of benzene rings is 2. The van der Waals surface area contributed by atoms with E-state index in [-0.39, 0.29) is 26.4 Å². The van der Waals surface area contributed by atoms with Crippen LogP contribution in [0, 0.1) is 0 Å². The second kappa shape index (κ2) is 8.71. The Balaban J connectivity index is 2.30. The van der Waals surface area contributed by atoms with Crippen molar-refractivity contribution in [1.29, 1.82) is 0 Å². The zero-order valence-corrected chi connectivity index (χ0v) is 18.6. The lowest BCUT2D eigenvalue weighted by Gasteiger charge is -2.21. The van der Waals surface area contributed by atoms with Crippen LogP contribution in [0.2, 0.25) is 10.0 Å². The second-order valence-corrected chi connectivity index (χ2v) is 9.80. The zero-order valence-electron chi connectivity index (χ0n) is 16.3. The molecule has 2 rings (SSSR count). The van der Waals surface area contributed by atoms with Crippen LogP contribution in [-0.2, 0) is 14.8 Å². The van der Waals surface area contributed by atoms with Crippen LogP contribution in [0.25, 0.3) is 0 Å². The maximum Gasteiger partial charge on any atom is 0.255 e. The number of carbonyl (C=O) groups is 2. The van der Waals surface area contributed by atoms with Crippen molar-refractivity contribution >= 4 is 56.4 Å². The molecule has 2 amide bonds. The van der Waals surface area contributed by atoms with Crippen molar-refractivity contribution in [1.82, 2.24) is 4.72 Å². The molecule has 0 aliphatic carbocycles. The molecule has 0 saturated carbocycles. The molecule has 0 aliphatic rings. The van der Waals surface area contributed by atoms with E-state index in [9.17, 15) is 18.0 Å². The average Bonchev–Trinajstić information content (AvgIpc) is 2.54. The van der Waals surface area contributed by atoms with Gasteiger partial charge in [-0.05, 0) is 57.2 Å². The Morgan fingerprint density at radius 2 is 1.59 bits per heavy atom. The van der Waals surface area contributed by atoms with Crippen LogP contribution in [0.15, 0.2) is 41.3 Å². The number of amides is 2. The van der Waals surface area contributed by atoms with Crippen molar-refractivity contribution in [2.24, 2.45) is 0 Å². The minimum Gasteiger partial charge on any atom is -0.326 e. The first-order valence-corrected chi connectivity index (χ1v) is 10.7. The SMILES string of the molecule is CC(=O)Nc1ccc(NC(=O)c2ccc(Cl)c(S(=O)(=O)NC(C)(C)C)c2)c(Cl)c1. The molecule has 0 saturated heterocycles. The van der Waals surface area contributed by atoms with Gasteiger partial charge in [0.1, 0.15) is 4.90 Å². The van der Waals surface area contributed by atoms with Gasteiger partial charge in [0, 0.05) is 23.7 Å². The Kier molecular flexibility index (Phi) is 6.95. The Hall–Kier alpha value is -2.13. The standard InChI is InChI=1S/C19H21Cl2N3O4S/c1-11(25)22-13-6-8-16(15(21)10-13)23-18(26)12-5-7-14(20)17(9-12)29(27,28)24-19(2,3)4/h5-10,24H,1-4H3,(H,22,25)(H,23,26). The van der Waals surface area contributed by atoms with E-state index in [1.165, 1.54) is 37.3 Å². The van der Waals surface area contributed by atoms with Gasteiger partial charge in [0.15, 0.2) is 0 Å². The van der Waals surface area contributed by atoms with Crippen molar-refractivity contribution < 1.29 is 18.0 Å². The summed E-state index contributed by atoms with van der Waals surface area (Å²) in [6.07, 6.45) is 0.